The summed E-state index contributed by atoms with van der Waals surface area (Å²) in [6.45, 7) is 2.13. The molecule has 2 aromatic carbocycles. The summed E-state index contributed by atoms with van der Waals surface area (Å²) in [5.74, 6) is 0.166. The second-order valence-electron chi connectivity index (χ2n) is 4.39. The van der Waals surface area contributed by atoms with E-state index in [9.17, 15) is 8.42 Å². The van der Waals surface area contributed by atoms with Crippen LogP contribution in [0, 0.1) is 0 Å². The third-order valence-electron chi connectivity index (χ3n) is 3.08. The Morgan fingerprint density at radius 1 is 1.10 bits per heavy atom. The number of sulfonamides is 1. The summed E-state index contributed by atoms with van der Waals surface area (Å²) in [6, 6.07) is 13.6. The highest BCUT2D eigenvalue weighted by Gasteiger charge is 2.24. The number of para-hydroxylation sites is 1. The van der Waals surface area contributed by atoms with Crippen molar-refractivity contribution in [3.8, 4) is 0 Å². The minimum absolute atomic E-state index is 0.166. The van der Waals surface area contributed by atoms with Crippen LogP contribution in [-0.4, -0.2) is 15.0 Å². The Balaban J connectivity index is 2.50. The molecule has 0 aliphatic carbocycles. The standard InChI is InChI=1S/C15H15Cl2NO2S/c1-2-18(13-6-4-3-5-7-13)21(19,20)14-8-9-15(17)12(10-14)11-16/h3-10H,2,11H2,1H3. The zero-order valence-electron chi connectivity index (χ0n) is 11.5. The molecule has 0 saturated carbocycles. The Kier molecular flexibility index (Phi) is 5.14. The minimum atomic E-state index is -3.64. The minimum Gasteiger partial charge on any atom is -0.267 e. The quantitative estimate of drug-likeness (QED) is 0.759. The molecule has 0 amide bonds. The maximum absolute atomic E-state index is 12.8. The molecule has 0 aromatic heterocycles. The van der Waals surface area contributed by atoms with E-state index >= 15 is 0 Å². The lowest BCUT2D eigenvalue weighted by Crippen LogP contribution is -2.30. The molecule has 0 aliphatic heterocycles. The second-order valence-corrected chi connectivity index (χ2v) is 6.93. The van der Waals surface area contributed by atoms with Gasteiger partial charge < -0.3 is 0 Å². The molecular weight excluding hydrogens is 329 g/mol. The van der Waals surface area contributed by atoms with E-state index in [1.807, 2.05) is 6.07 Å². The smallest absolute Gasteiger partial charge is 0.264 e. The molecule has 0 heterocycles. The van der Waals surface area contributed by atoms with Crippen LogP contribution in [0.15, 0.2) is 53.4 Å². The molecule has 21 heavy (non-hydrogen) atoms. The predicted octanol–water partition coefficient (Wildman–Crippen LogP) is 4.29. The first-order valence-corrected chi connectivity index (χ1v) is 8.78. The van der Waals surface area contributed by atoms with Crippen molar-refractivity contribution in [1.29, 1.82) is 0 Å². The molecule has 0 aliphatic rings. The summed E-state index contributed by atoms with van der Waals surface area (Å²) in [4.78, 5) is 0.188. The van der Waals surface area contributed by atoms with Crippen LogP contribution in [0.2, 0.25) is 5.02 Å². The summed E-state index contributed by atoms with van der Waals surface area (Å²) in [7, 11) is -3.64. The Labute approximate surface area is 135 Å². The number of anilines is 1. The molecule has 2 aromatic rings. The van der Waals surface area contributed by atoms with E-state index in [4.69, 9.17) is 23.2 Å². The maximum atomic E-state index is 12.8. The van der Waals surface area contributed by atoms with Crippen LogP contribution in [0.4, 0.5) is 5.69 Å². The van der Waals surface area contributed by atoms with E-state index in [0.29, 0.717) is 22.8 Å². The molecule has 0 fully saturated rings. The SMILES string of the molecule is CCN(c1ccccc1)S(=O)(=O)c1ccc(Cl)c(CCl)c1. The van der Waals surface area contributed by atoms with Gasteiger partial charge in [-0.15, -0.1) is 11.6 Å². The summed E-state index contributed by atoms with van der Waals surface area (Å²) < 4.78 is 26.9. The lowest BCUT2D eigenvalue weighted by Gasteiger charge is -2.23. The first kappa shape index (κ1) is 16.1. The van der Waals surface area contributed by atoms with Gasteiger partial charge in [-0.2, -0.15) is 0 Å². The fraction of sp³-hybridized carbons (Fsp3) is 0.200. The van der Waals surface area contributed by atoms with Crippen LogP contribution in [0.5, 0.6) is 0 Å². The van der Waals surface area contributed by atoms with Gasteiger partial charge in [-0.05, 0) is 42.8 Å². The average molecular weight is 344 g/mol. The van der Waals surface area contributed by atoms with Gasteiger partial charge in [0.2, 0.25) is 0 Å². The zero-order chi connectivity index (χ0) is 15.5. The third kappa shape index (κ3) is 3.34. The average Bonchev–Trinajstić information content (AvgIpc) is 2.49. The van der Waals surface area contributed by atoms with Crippen molar-refractivity contribution in [2.75, 3.05) is 10.8 Å². The van der Waals surface area contributed by atoms with Crippen molar-refractivity contribution in [2.24, 2.45) is 0 Å². The molecule has 0 spiro atoms. The van der Waals surface area contributed by atoms with Crippen molar-refractivity contribution in [1.82, 2.24) is 0 Å². The van der Waals surface area contributed by atoms with Gasteiger partial charge in [0.05, 0.1) is 10.6 Å². The van der Waals surface area contributed by atoms with Crippen LogP contribution in [-0.2, 0) is 15.9 Å². The fourth-order valence-corrected chi connectivity index (χ4v) is 4.03. The molecule has 112 valence electrons. The number of alkyl halides is 1. The highest BCUT2D eigenvalue weighted by atomic mass is 35.5. The fourth-order valence-electron chi connectivity index (χ4n) is 2.03. The highest BCUT2D eigenvalue weighted by Crippen LogP contribution is 2.27. The van der Waals surface area contributed by atoms with E-state index in [0.717, 1.165) is 0 Å². The van der Waals surface area contributed by atoms with Crippen LogP contribution >= 0.6 is 23.2 Å². The van der Waals surface area contributed by atoms with Crippen LogP contribution in [0.3, 0.4) is 0 Å². The maximum Gasteiger partial charge on any atom is 0.264 e. The summed E-state index contributed by atoms with van der Waals surface area (Å²) in [6.07, 6.45) is 0. The molecule has 0 atom stereocenters. The Hall–Kier alpha value is -1.23. The summed E-state index contributed by atoms with van der Waals surface area (Å²) in [5.41, 5.74) is 1.23. The van der Waals surface area contributed by atoms with Gasteiger partial charge in [0, 0.05) is 17.4 Å². The number of nitrogens with zero attached hydrogens (tertiary/aromatic N) is 1. The molecular formula is C15H15Cl2NO2S. The van der Waals surface area contributed by atoms with Gasteiger partial charge in [0.1, 0.15) is 0 Å². The molecule has 0 unspecified atom stereocenters. The predicted molar refractivity (Wildman–Crippen MR) is 87.7 cm³/mol. The van der Waals surface area contributed by atoms with Crippen LogP contribution in [0.25, 0.3) is 0 Å². The number of hydrogen-bond acceptors (Lipinski definition) is 2. The van der Waals surface area contributed by atoms with Crippen molar-refractivity contribution in [2.45, 2.75) is 17.7 Å². The number of hydrogen-bond donors (Lipinski definition) is 0. The van der Waals surface area contributed by atoms with Crippen molar-refractivity contribution < 1.29 is 8.42 Å². The van der Waals surface area contributed by atoms with Gasteiger partial charge in [0.25, 0.3) is 10.0 Å². The van der Waals surface area contributed by atoms with Gasteiger partial charge in [0.15, 0.2) is 0 Å². The first-order chi connectivity index (χ1) is 10.0. The van der Waals surface area contributed by atoms with Crippen LogP contribution < -0.4 is 4.31 Å². The molecule has 6 heteroatoms. The van der Waals surface area contributed by atoms with Crippen molar-refractivity contribution in [3.63, 3.8) is 0 Å². The third-order valence-corrected chi connectivity index (χ3v) is 5.64. The lowest BCUT2D eigenvalue weighted by atomic mass is 10.2. The molecule has 0 saturated heterocycles. The van der Waals surface area contributed by atoms with Gasteiger partial charge in [-0.25, -0.2) is 8.42 Å². The Morgan fingerprint density at radius 2 is 1.76 bits per heavy atom. The van der Waals surface area contributed by atoms with E-state index in [1.165, 1.54) is 16.4 Å². The van der Waals surface area contributed by atoms with Crippen LogP contribution in [0.1, 0.15) is 12.5 Å². The summed E-state index contributed by atoms with van der Waals surface area (Å²) >= 11 is 11.8. The van der Waals surface area contributed by atoms with Crippen molar-refractivity contribution >= 4 is 38.9 Å². The van der Waals surface area contributed by atoms with E-state index < -0.39 is 10.0 Å². The largest absolute Gasteiger partial charge is 0.267 e. The number of rotatable bonds is 5. The Morgan fingerprint density at radius 3 is 2.33 bits per heavy atom. The topological polar surface area (TPSA) is 37.4 Å². The second kappa shape index (κ2) is 6.69. The van der Waals surface area contributed by atoms with Gasteiger partial charge in [-0.3, -0.25) is 4.31 Å². The highest BCUT2D eigenvalue weighted by molar-refractivity contribution is 7.92. The lowest BCUT2D eigenvalue weighted by molar-refractivity contribution is 0.592. The van der Waals surface area contributed by atoms with Gasteiger partial charge in [-0.1, -0.05) is 29.8 Å². The number of benzene rings is 2. The molecule has 0 bridgehead atoms. The monoisotopic (exact) mass is 343 g/mol. The molecule has 3 nitrogen and oxygen atoms in total. The normalized spacial score (nSPS) is 11.4. The zero-order valence-corrected chi connectivity index (χ0v) is 13.8. The van der Waals surface area contributed by atoms with E-state index in [1.54, 1.807) is 37.3 Å². The van der Waals surface area contributed by atoms with E-state index in [-0.39, 0.29) is 10.8 Å². The van der Waals surface area contributed by atoms with Gasteiger partial charge >= 0.3 is 0 Å². The summed E-state index contributed by atoms with van der Waals surface area (Å²) in [5, 5.41) is 0.465. The Bertz CT molecular complexity index is 718. The van der Waals surface area contributed by atoms with Crippen molar-refractivity contribution in [3.05, 3.63) is 59.1 Å². The molecule has 0 N–H and O–H groups in total. The van der Waals surface area contributed by atoms with E-state index in [2.05, 4.69) is 0 Å². The molecule has 2 rings (SSSR count). The number of halogens is 2. The first-order valence-electron chi connectivity index (χ1n) is 6.43. The molecule has 0 radical (unpaired) electrons.